The van der Waals surface area contributed by atoms with E-state index in [1.165, 1.54) is 6.92 Å². The Morgan fingerprint density at radius 3 is 2.21 bits per heavy atom. The standard InChI is InChI=1S/C16H26N4O8/c1-8(13(24)19-10(16(27)28)4-5-12(22)23)18-15(26)11(7-21)20-14(25)9-3-2-6-17-9/h8-11,17,21H,2-7H2,1H3,(H,18,26)(H,19,24)(H,20,25)(H,22,23)(H,27,28). The molecular weight excluding hydrogens is 376 g/mol. The Hall–Kier alpha value is -2.73. The van der Waals surface area contributed by atoms with Gasteiger partial charge in [-0.05, 0) is 32.7 Å². The van der Waals surface area contributed by atoms with Crippen LogP contribution >= 0.6 is 0 Å². The van der Waals surface area contributed by atoms with Gasteiger partial charge in [-0.2, -0.15) is 0 Å². The second-order valence-corrected chi connectivity index (χ2v) is 6.45. The van der Waals surface area contributed by atoms with E-state index >= 15 is 0 Å². The molecule has 12 nitrogen and oxygen atoms in total. The summed E-state index contributed by atoms with van der Waals surface area (Å²) in [5.74, 6) is -4.71. The van der Waals surface area contributed by atoms with E-state index in [1.54, 1.807) is 0 Å². The summed E-state index contributed by atoms with van der Waals surface area (Å²) in [5.41, 5.74) is 0. The molecule has 12 heteroatoms. The molecule has 1 fully saturated rings. The van der Waals surface area contributed by atoms with Crippen molar-refractivity contribution >= 4 is 29.7 Å². The Kier molecular flexibility index (Phi) is 9.32. The first kappa shape index (κ1) is 23.3. The highest BCUT2D eigenvalue weighted by Gasteiger charge is 2.29. The molecule has 1 saturated heterocycles. The molecule has 4 atom stereocenters. The number of nitrogens with one attached hydrogen (secondary N) is 4. The van der Waals surface area contributed by atoms with Gasteiger partial charge < -0.3 is 36.6 Å². The van der Waals surface area contributed by atoms with Crippen molar-refractivity contribution in [3.8, 4) is 0 Å². The molecule has 0 bridgehead atoms. The summed E-state index contributed by atoms with van der Waals surface area (Å²) in [6.45, 7) is 1.28. The van der Waals surface area contributed by atoms with Gasteiger partial charge in [0.2, 0.25) is 17.7 Å². The number of carbonyl (C=O) groups excluding carboxylic acids is 3. The Morgan fingerprint density at radius 2 is 1.71 bits per heavy atom. The molecule has 28 heavy (non-hydrogen) atoms. The van der Waals surface area contributed by atoms with E-state index in [0.717, 1.165) is 6.42 Å². The van der Waals surface area contributed by atoms with Crippen molar-refractivity contribution in [1.82, 2.24) is 21.3 Å². The summed E-state index contributed by atoms with van der Waals surface area (Å²) in [6, 6.07) is -4.32. The fourth-order valence-electron chi connectivity index (χ4n) is 2.58. The van der Waals surface area contributed by atoms with Crippen molar-refractivity contribution in [3.05, 3.63) is 0 Å². The minimum atomic E-state index is -1.43. The number of aliphatic carboxylic acids is 2. The zero-order valence-electron chi connectivity index (χ0n) is 15.4. The predicted molar refractivity (Wildman–Crippen MR) is 94.1 cm³/mol. The molecule has 4 unspecified atom stereocenters. The maximum Gasteiger partial charge on any atom is 0.326 e. The van der Waals surface area contributed by atoms with Gasteiger partial charge in [-0.1, -0.05) is 0 Å². The van der Waals surface area contributed by atoms with Crippen LogP contribution in [0.4, 0.5) is 0 Å². The number of aliphatic hydroxyl groups excluding tert-OH is 1. The maximum atomic E-state index is 12.2. The van der Waals surface area contributed by atoms with Gasteiger partial charge in [0.05, 0.1) is 12.6 Å². The molecule has 1 aliphatic rings. The molecule has 1 rings (SSSR count). The average molecular weight is 402 g/mol. The molecule has 0 spiro atoms. The number of hydrogen-bond acceptors (Lipinski definition) is 7. The van der Waals surface area contributed by atoms with Crippen LogP contribution in [0.15, 0.2) is 0 Å². The lowest BCUT2D eigenvalue weighted by molar-refractivity contribution is -0.143. The van der Waals surface area contributed by atoms with Crippen LogP contribution in [0, 0.1) is 0 Å². The largest absolute Gasteiger partial charge is 0.481 e. The first-order valence-corrected chi connectivity index (χ1v) is 8.85. The van der Waals surface area contributed by atoms with E-state index in [1.807, 2.05) is 0 Å². The van der Waals surface area contributed by atoms with Crippen LogP contribution in [-0.2, 0) is 24.0 Å². The molecule has 0 aromatic rings. The summed E-state index contributed by atoms with van der Waals surface area (Å²) < 4.78 is 0. The van der Waals surface area contributed by atoms with E-state index in [0.29, 0.717) is 13.0 Å². The molecule has 0 aliphatic carbocycles. The normalized spacial score (nSPS) is 19.1. The number of rotatable bonds is 11. The average Bonchev–Trinajstić information content (AvgIpc) is 3.16. The van der Waals surface area contributed by atoms with Crippen molar-refractivity contribution in [2.75, 3.05) is 13.2 Å². The third-order valence-corrected chi connectivity index (χ3v) is 4.21. The molecule has 1 aliphatic heterocycles. The van der Waals surface area contributed by atoms with Gasteiger partial charge in [-0.3, -0.25) is 19.2 Å². The van der Waals surface area contributed by atoms with Gasteiger partial charge in [-0.15, -0.1) is 0 Å². The molecule has 0 radical (unpaired) electrons. The van der Waals surface area contributed by atoms with Crippen LogP contribution in [-0.4, -0.2) is 82.3 Å². The predicted octanol–water partition coefficient (Wildman–Crippen LogP) is -2.85. The first-order valence-electron chi connectivity index (χ1n) is 8.85. The SMILES string of the molecule is CC(NC(=O)C(CO)NC(=O)C1CCCN1)C(=O)NC(CCC(=O)O)C(=O)O. The van der Waals surface area contributed by atoms with Crippen molar-refractivity contribution in [3.63, 3.8) is 0 Å². The fourth-order valence-corrected chi connectivity index (χ4v) is 2.58. The summed E-state index contributed by atoms with van der Waals surface area (Å²) in [5, 5.41) is 36.8. The zero-order chi connectivity index (χ0) is 21.3. The van der Waals surface area contributed by atoms with Crippen LogP contribution < -0.4 is 21.3 Å². The molecular formula is C16H26N4O8. The van der Waals surface area contributed by atoms with Crippen molar-refractivity contribution in [1.29, 1.82) is 0 Å². The van der Waals surface area contributed by atoms with Gasteiger partial charge >= 0.3 is 11.9 Å². The summed E-state index contributed by atoms with van der Waals surface area (Å²) in [4.78, 5) is 58.0. The third kappa shape index (κ3) is 7.48. The second kappa shape index (κ2) is 11.2. The number of amides is 3. The quantitative estimate of drug-likeness (QED) is 0.190. The number of carbonyl (C=O) groups is 5. The summed E-state index contributed by atoms with van der Waals surface area (Å²) >= 11 is 0. The molecule has 0 aromatic heterocycles. The monoisotopic (exact) mass is 402 g/mol. The van der Waals surface area contributed by atoms with E-state index in [4.69, 9.17) is 10.2 Å². The van der Waals surface area contributed by atoms with Crippen LogP contribution in [0.5, 0.6) is 0 Å². The fraction of sp³-hybridized carbons (Fsp3) is 0.688. The lowest BCUT2D eigenvalue weighted by Gasteiger charge is -2.22. The number of carboxylic acid groups (broad SMARTS) is 2. The first-order chi connectivity index (χ1) is 13.1. The van der Waals surface area contributed by atoms with Gasteiger partial charge in [0.25, 0.3) is 0 Å². The Morgan fingerprint density at radius 1 is 1.04 bits per heavy atom. The Balaban J connectivity index is 2.57. The Labute approximate surface area is 161 Å². The van der Waals surface area contributed by atoms with Gasteiger partial charge in [0.15, 0.2) is 0 Å². The molecule has 0 saturated carbocycles. The van der Waals surface area contributed by atoms with Crippen LogP contribution in [0.2, 0.25) is 0 Å². The smallest absolute Gasteiger partial charge is 0.326 e. The van der Waals surface area contributed by atoms with Crippen molar-refractivity contribution < 1.29 is 39.3 Å². The minimum absolute atomic E-state index is 0.319. The summed E-state index contributed by atoms with van der Waals surface area (Å²) in [7, 11) is 0. The maximum absolute atomic E-state index is 12.2. The van der Waals surface area contributed by atoms with Crippen molar-refractivity contribution in [2.24, 2.45) is 0 Å². The van der Waals surface area contributed by atoms with Gasteiger partial charge in [0.1, 0.15) is 18.1 Å². The number of hydrogen-bond donors (Lipinski definition) is 7. The highest BCUT2D eigenvalue weighted by molar-refractivity contribution is 5.94. The van der Waals surface area contributed by atoms with E-state index in [2.05, 4.69) is 21.3 Å². The molecule has 0 aromatic carbocycles. The Bertz CT molecular complexity index is 605. The third-order valence-electron chi connectivity index (χ3n) is 4.21. The number of carboxylic acids is 2. The van der Waals surface area contributed by atoms with Gasteiger partial charge in [0, 0.05) is 6.42 Å². The van der Waals surface area contributed by atoms with Gasteiger partial charge in [-0.25, -0.2) is 4.79 Å². The topological polar surface area (TPSA) is 194 Å². The molecule has 1 heterocycles. The highest BCUT2D eigenvalue weighted by Crippen LogP contribution is 2.05. The zero-order valence-corrected chi connectivity index (χ0v) is 15.4. The van der Waals surface area contributed by atoms with E-state index < -0.39 is 66.9 Å². The molecule has 3 amide bonds. The van der Waals surface area contributed by atoms with E-state index in [9.17, 15) is 29.1 Å². The van der Waals surface area contributed by atoms with Crippen LogP contribution in [0.3, 0.4) is 0 Å². The highest BCUT2D eigenvalue weighted by atomic mass is 16.4. The van der Waals surface area contributed by atoms with Crippen LogP contribution in [0.25, 0.3) is 0 Å². The minimum Gasteiger partial charge on any atom is -0.481 e. The van der Waals surface area contributed by atoms with Crippen molar-refractivity contribution in [2.45, 2.75) is 56.8 Å². The summed E-state index contributed by atoms with van der Waals surface area (Å²) in [6.07, 6.45) is 0.655. The molecule has 7 N–H and O–H groups in total. The number of aliphatic hydroxyl groups is 1. The molecule has 158 valence electrons. The lowest BCUT2D eigenvalue weighted by atomic mass is 10.1. The van der Waals surface area contributed by atoms with E-state index in [-0.39, 0.29) is 6.42 Å². The van der Waals surface area contributed by atoms with Crippen LogP contribution in [0.1, 0.15) is 32.6 Å². The second-order valence-electron chi connectivity index (χ2n) is 6.45. The lowest BCUT2D eigenvalue weighted by Crippen LogP contribution is -2.57.